The molecule has 1 aliphatic rings. The highest BCUT2D eigenvalue weighted by Gasteiger charge is 2.47. The van der Waals surface area contributed by atoms with E-state index in [9.17, 15) is 19.1 Å². The minimum Gasteiger partial charge on any atom is -0.507 e. The van der Waals surface area contributed by atoms with Gasteiger partial charge in [-0.15, -0.1) is 0 Å². The predicted octanol–water partition coefficient (Wildman–Crippen LogP) is 4.94. The van der Waals surface area contributed by atoms with Crippen molar-refractivity contribution in [2.24, 2.45) is 0 Å². The van der Waals surface area contributed by atoms with E-state index in [-0.39, 0.29) is 17.4 Å². The molecule has 0 bridgehead atoms. The number of carbonyl (C=O) groups is 2. The van der Waals surface area contributed by atoms with Crippen molar-refractivity contribution in [3.05, 3.63) is 95.1 Å². The molecule has 1 N–H and O–H groups in total. The van der Waals surface area contributed by atoms with E-state index in [0.29, 0.717) is 22.6 Å². The van der Waals surface area contributed by atoms with E-state index < -0.39 is 23.5 Å². The summed E-state index contributed by atoms with van der Waals surface area (Å²) in [6, 6.07) is 12.8. The summed E-state index contributed by atoms with van der Waals surface area (Å²) < 4.78 is 19.3. The van der Waals surface area contributed by atoms with Gasteiger partial charge in [0, 0.05) is 23.6 Å². The molecule has 0 radical (unpaired) electrons. The molecule has 7 heteroatoms. The van der Waals surface area contributed by atoms with E-state index in [1.54, 1.807) is 42.7 Å². The number of nitrogens with zero attached hydrogens (tertiary/aromatic N) is 2. The summed E-state index contributed by atoms with van der Waals surface area (Å²) in [7, 11) is 0. The smallest absolute Gasteiger partial charge is 0.300 e. The third kappa shape index (κ3) is 4.22. The molecule has 1 aliphatic heterocycles. The van der Waals surface area contributed by atoms with Gasteiger partial charge in [0.05, 0.1) is 17.7 Å². The first-order chi connectivity index (χ1) is 15.8. The van der Waals surface area contributed by atoms with Gasteiger partial charge in [-0.2, -0.15) is 0 Å². The van der Waals surface area contributed by atoms with Crippen LogP contribution in [-0.4, -0.2) is 27.9 Å². The number of aromatic nitrogens is 1. The van der Waals surface area contributed by atoms with Gasteiger partial charge in [-0.25, -0.2) is 4.39 Å². The Bertz CT molecular complexity index is 1240. The van der Waals surface area contributed by atoms with Crippen LogP contribution in [0.4, 0.5) is 10.1 Å². The number of aryl methyl sites for hydroxylation is 1. The van der Waals surface area contributed by atoms with Crippen LogP contribution in [0.25, 0.3) is 5.76 Å². The average molecular weight is 446 g/mol. The highest BCUT2D eigenvalue weighted by atomic mass is 19.1. The van der Waals surface area contributed by atoms with Crippen molar-refractivity contribution in [1.29, 1.82) is 0 Å². The maximum Gasteiger partial charge on any atom is 0.300 e. The van der Waals surface area contributed by atoms with E-state index in [0.717, 1.165) is 5.56 Å². The van der Waals surface area contributed by atoms with Crippen LogP contribution in [0.5, 0.6) is 5.75 Å². The Morgan fingerprint density at radius 1 is 1.06 bits per heavy atom. The second-order valence-electron chi connectivity index (χ2n) is 8.07. The number of ether oxygens (including phenoxy) is 1. The zero-order chi connectivity index (χ0) is 23.7. The van der Waals surface area contributed by atoms with Crippen LogP contribution in [0.15, 0.2) is 72.6 Å². The number of amides is 1. The fourth-order valence-corrected chi connectivity index (χ4v) is 3.90. The van der Waals surface area contributed by atoms with Crippen molar-refractivity contribution >= 4 is 23.1 Å². The first-order valence-corrected chi connectivity index (χ1v) is 10.5. The molecule has 0 saturated carbocycles. The molecular formula is C26H23FN2O4. The molecule has 0 spiro atoms. The van der Waals surface area contributed by atoms with E-state index in [2.05, 4.69) is 4.98 Å². The predicted molar refractivity (Wildman–Crippen MR) is 122 cm³/mol. The maximum atomic E-state index is 13.5. The SMILES string of the molecule is Cc1cc(/C(O)=C2/C(=O)C(=O)N(c3ccc(F)cc3)C2c2ccncc2)ccc1OC(C)C. The van der Waals surface area contributed by atoms with Crippen LogP contribution in [0.2, 0.25) is 0 Å². The van der Waals surface area contributed by atoms with Crippen molar-refractivity contribution in [1.82, 2.24) is 4.98 Å². The number of aliphatic hydroxyl groups excluding tert-OH is 1. The lowest BCUT2D eigenvalue weighted by molar-refractivity contribution is -0.132. The maximum absolute atomic E-state index is 13.5. The molecule has 2 heterocycles. The van der Waals surface area contributed by atoms with Crippen molar-refractivity contribution in [2.75, 3.05) is 4.90 Å². The first-order valence-electron chi connectivity index (χ1n) is 10.5. The van der Waals surface area contributed by atoms with Crippen molar-refractivity contribution in [3.8, 4) is 5.75 Å². The fraction of sp³-hybridized carbons (Fsp3) is 0.192. The molecule has 168 valence electrons. The number of pyridine rings is 1. The molecule has 3 aromatic rings. The number of ketones is 1. The van der Waals surface area contributed by atoms with Gasteiger partial charge in [-0.3, -0.25) is 19.5 Å². The zero-order valence-corrected chi connectivity index (χ0v) is 18.4. The number of carbonyl (C=O) groups excluding carboxylic acids is 2. The Hall–Kier alpha value is -4.00. The number of benzene rings is 2. The van der Waals surface area contributed by atoms with Crippen molar-refractivity contribution in [2.45, 2.75) is 32.9 Å². The number of anilines is 1. The van der Waals surface area contributed by atoms with Gasteiger partial charge in [-0.1, -0.05) is 0 Å². The number of rotatable bonds is 5. The largest absolute Gasteiger partial charge is 0.507 e. The van der Waals surface area contributed by atoms with Crippen molar-refractivity contribution < 1.29 is 23.8 Å². The van der Waals surface area contributed by atoms with Gasteiger partial charge in [-0.05, 0) is 86.5 Å². The summed E-state index contributed by atoms with van der Waals surface area (Å²) in [5.74, 6) is -1.71. The van der Waals surface area contributed by atoms with E-state index in [1.807, 2.05) is 20.8 Å². The molecule has 1 fully saturated rings. The lowest BCUT2D eigenvalue weighted by atomic mass is 9.95. The summed E-state index contributed by atoms with van der Waals surface area (Å²) in [5.41, 5.74) is 2.05. The topological polar surface area (TPSA) is 79.7 Å². The monoisotopic (exact) mass is 446 g/mol. The molecule has 1 amide bonds. The molecule has 1 unspecified atom stereocenters. The summed E-state index contributed by atoms with van der Waals surface area (Å²) in [6.45, 7) is 5.67. The Morgan fingerprint density at radius 3 is 2.33 bits per heavy atom. The van der Waals surface area contributed by atoms with Gasteiger partial charge >= 0.3 is 0 Å². The normalized spacial score (nSPS) is 17.6. The lowest BCUT2D eigenvalue weighted by Crippen LogP contribution is -2.29. The van der Waals surface area contributed by atoms with Crippen molar-refractivity contribution in [3.63, 3.8) is 0 Å². The second-order valence-corrected chi connectivity index (χ2v) is 8.07. The first kappa shape index (κ1) is 22.2. The Kier molecular flexibility index (Phi) is 5.96. The summed E-state index contributed by atoms with van der Waals surface area (Å²) in [4.78, 5) is 31.5. The van der Waals surface area contributed by atoms with E-state index in [1.165, 1.54) is 29.2 Å². The van der Waals surface area contributed by atoms with Crippen LogP contribution in [0.1, 0.15) is 36.6 Å². The third-order valence-corrected chi connectivity index (χ3v) is 5.38. The number of hydrogen-bond acceptors (Lipinski definition) is 5. The zero-order valence-electron chi connectivity index (χ0n) is 18.4. The number of aliphatic hydroxyl groups is 1. The van der Waals surface area contributed by atoms with Gasteiger partial charge in [0.2, 0.25) is 0 Å². The Labute approximate surface area is 191 Å². The number of Topliss-reactive ketones (excluding diaryl/α,β-unsaturated/α-hetero) is 1. The molecule has 1 atom stereocenters. The molecule has 4 rings (SSSR count). The molecular weight excluding hydrogens is 423 g/mol. The van der Waals surface area contributed by atoms with E-state index >= 15 is 0 Å². The molecule has 33 heavy (non-hydrogen) atoms. The molecule has 1 aromatic heterocycles. The summed E-state index contributed by atoms with van der Waals surface area (Å²) in [5, 5.41) is 11.2. The van der Waals surface area contributed by atoms with Crippen LogP contribution < -0.4 is 9.64 Å². The fourth-order valence-electron chi connectivity index (χ4n) is 3.90. The molecule has 0 aliphatic carbocycles. The molecule has 1 saturated heterocycles. The lowest BCUT2D eigenvalue weighted by Gasteiger charge is -2.25. The van der Waals surface area contributed by atoms with Crippen LogP contribution in [0, 0.1) is 12.7 Å². The molecule has 2 aromatic carbocycles. The second kappa shape index (κ2) is 8.86. The van der Waals surface area contributed by atoms with Crippen LogP contribution in [-0.2, 0) is 9.59 Å². The third-order valence-electron chi connectivity index (χ3n) is 5.38. The quantitative estimate of drug-likeness (QED) is 0.341. The minimum absolute atomic E-state index is 0.0177. The van der Waals surface area contributed by atoms with Gasteiger partial charge < -0.3 is 9.84 Å². The van der Waals surface area contributed by atoms with Crippen LogP contribution in [0.3, 0.4) is 0 Å². The highest BCUT2D eigenvalue weighted by Crippen LogP contribution is 2.42. The number of halogens is 1. The Balaban J connectivity index is 1.87. The molecule has 6 nitrogen and oxygen atoms in total. The van der Waals surface area contributed by atoms with Gasteiger partial charge in [0.25, 0.3) is 11.7 Å². The highest BCUT2D eigenvalue weighted by molar-refractivity contribution is 6.51. The number of hydrogen-bond donors (Lipinski definition) is 1. The summed E-state index contributed by atoms with van der Waals surface area (Å²) >= 11 is 0. The Morgan fingerprint density at radius 2 is 1.73 bits per heavy atom. The standard InChI is InChI=1S/C26H23FN2O4/c1-15(2)33-21-9-4-18(14-16(21)3)24(30)22-23(17-10-12-28-13-11-17)29(26(32)25(22)31)20-7-5-19(27)6-8-20/h4-15,23,30H,1-3H3/b24-22-. The van der Waals surface area contributed by atoms with Gasteiger partial charge in [0.1, 0.15) is 17.3 Å². The van der Waals surface area contributed by atoms with E-state index in [4.69, 9.17) is 4.74 Å². The minimum atomic E-state index is -0.898. The van der Waals surface area contributed by atoms with Crippen LogP contribution >= 0.6 is 0 Å². The average Bonchev–Trinajstić information content (AvgIpc) is 3.06. The summed E-state index contributed by atoms with van der Waals surface area (Å²) in [6.07, 6.45) is 3.07. The van der Waals surface area contributed by atoms with Gasteiger partial charge in [0.15, 0.2) is 0 Å².